The smallest absolute Gasteiger partial charge is 0.261 e. The molecule has 0 saturated carbocycles. The molecule has 0 saturated heterocycles. The summed E-state index contributed by atoms with van der Waals surface area (Å²) in [7, 11) is 1.56. The molecule has 0 aliphatic carbocycles. The van der Waals surface area contributed by atoms with Crippen LogP contribution in [0.4, 0.5) is 5.69 Å². The van der Waals surface area contributed by atoms with Crippen LogP contribution in [0.3, 0.4) is 0 Å². The molecule has 0 spiro atoms. The van der Waals surface area contributed by atoms with Gasteiger partial charge in [0, 0.05) is 17.4 Å². The molecule has 2 rings (SSSR count). The molecule has 2 aromatic rings. The molecule has 1 N–H and O–H groups in total. The molecule has 0 atom stereocenters. The third-order valence-corrected chi connectivity index (χ3v) is 3.46. The molecule has 0 aliphatic rings. The summed E-state index contributed by atoms with van der Waals surface area (Å²) in [6.07, 6.45) is 0. The maximum Gasteiger partial charge on any atom is 0.261 e. The second kappa shape index (κ2) is 5.95. The van der Waals surface area contributed by atoms with Crippen LogP contribution < -0.4 is 10.1 Å². The topological polar surface area (TPSA) is 51.2 Å². The molecule has 4 heteroatoms. The quantitative estimate of drug-likeness (QED) is 0.937. The van der Waals surface area contributed by atoms with Gasteiger partial charge in [0.25, 0.3) is 5.91 Å². The number of para-hydroxylation sites is 1. The molecule has 0 aliphatic heterocycles. The number of hydrogen-bond acceptors (Lipinski definition) is 3. The number of rotatable bonds is 3. The van der Waals surface area contributed by atoms with Gasteiger partial charge in [0.15, 0.2) is 0 Å². The first kappa shape index (κ1) is 15.0. The van der Waals surface area contributed by atoms with Crippen LogP contribution in [0, 0.1) is 27.7 Å². The van der Waals surface area contributed by atoms with Crippen molar-refractivity contribution in [3.63, 3.8) is 0 Å². The highest BCUT2D eigenvalue weighted by Gasteiger charge is 2.18. The van der Waals surface area contributed by atoms with E-state index in [0.717, 1.165) is 22.5 Å². The first-order valence-electron chi connectivity index (χ1n) is 6.84. The molecule has 4 nitrogen and oxygen atoms in total. The first-order valence-corrected chi connectivity index (χ1v) is 6.84. The number of amides is 1. The number of hydrogen-bond donors (Lipinski definition) is 1. The Kier molecular flexibility index (Phi) is 4.26. The molecular formula is C17H20N2O2. The fourth-order valence-electron chi connectivity index (χ4n) is 2.42. The Morgan fingerprint density at radius 2 is 1.76 bits per heavy atom. The Balaban J connectivity index is 2.42. The van der Waals surface area contributed by atoms with Gasteiger partial charge in [0.2, 0.25) is 0 Å². The van der Waals surface area contributed by atoms with Crippen LogP contribution in [0.5, 0.6) is 5.75 Å². The SMILES string of the molecule is COc1cc(C)nc(C)c1C(=O)Nc1c(C)cccc1C. The zero-order valence-corrected chi connectivity index (χ0v) is 13.1. The van der Waals surface area contributed by atoms with Gasteiger partial charge in [-0.15, -0.1) is 0 Å². The van der Waals surface area contributed by atoms with E-state index in [2.05, 4.69) is 10.3 Å². The summed E-state index contributed by atoms with van der Waals surface area (Å²) in [4.78, 5) is 16.9. The number of aromatic nitrogens is 1. The van der Waals surface area contributed by atoms with Gasteiger partial charge in [-0.1, -0.05) is 18.2 Å². The zero-order valence-electron chi connectivity index (χ0n) is 13.1. The molecule has 1 aromatic heterocycles. The van der Waals surface area contributed by atoms with Crippen molar-refractivity contribution >= 4 is 11.6 Å². The van der Waals surface area contributed by atoms with Crippen LogP contribution in [-0.4, -0.2) is 18.0 Å². The average molecular weight is 284 g/mol. The number of carbonyl (C=O) groups is 1. The second-order valence-electron chi connectivity index (χ2n) is 5.15. The summed E-state index contributed by atoms with van der Waals surface area (Å²) < 4.78 is 5.33. The number of methoxy groups -OCH3 is 1. The van der Waals surface area contributed by atoms with Gasteiger partial charge in [0.1, 0.15) is 11.3 Å². The lowest BCUT2D eigenvalue weighted by molar-refractivity contribution is 0.102. The van der Waals surface area contributed by atoms with E-state index in [4.69, 9.17) is 4.74 Å². The minimum Gasteiger partial charge on any atom is -0.496 e. The third kappa shape index (κ3) is 3.05. The molecular weight excluding hydrogens is 264 g/mol. The summed E-state index contributed by atoms with van der Waals surface area (Å²) in [5, 5.41) is 2.97. The molecule has 21 heavy (non-hydrogen) atoms. The third-order valence-electron chi connectivity index (χ3n) is 3.46. The molecule has 110 valence electrons. The summed E-state index contributed by atoms with van der Waals surface area (Å²) in [6, 6.07) is 7.69. The van der Waals surface area contributed by atoms with E-state index in [1.807, 2.05) is 45.9 Å². The molecule has 1 aromatic carbocycles. The number of nitrogens with one attached hydrogen (secondary N) is 1. The van der Waals surface area contributed by atoms with Gasteiger partial charge in [0.05, 0.1) is 12.8 Å². The highest BCUT2D eigenvalue weighted by atomic mass is 16.5. The number of anilines is 1. The predicted molar refractivity (Wildman–Crippen MR) is 84.1 cm³/mol. The van der Waals surface area contributed by atoms with Gasteiger partial charge >= 0.3 is 0 Å². The molecule has 0 fully saturated rings. The Morgan fingerprint density at radius 1 is 1.14 bits per heavy atom. The largest absolute Gasteiger partial charge is 0.496 e. The summed E-state index contributed by atoms with van der Waals surface area (Å²) >= 11 is 0. The monoisotopic (exact) mass is 284 g/mol. The number of ether oxygens (including phenoxy) is 1. The number of benzene rings is 1. The van der Waals surface area contributed by atoms with E-state index in [-0.39, 0.29) is 5.91 Å². The van der Waals surface area contributed by atoms with Crippen LogP contribution in [0.25, 0.3) is 0 Å². The number of carbonyl (C=O) groups excluding carboxylic acids is 1. The zero-order chi connectivity index (χ0) is 15.6. The van der Waals surface area contributed by atoms with Crippen molar-refractivity contribution in [3.05, 3.63) is 52.3 Å². The minimum atomic E-state index is -0.200. The van der Waals surface area contributed by atoms with Crippen LogP contribution in [0.2, 0.25) is 0 Å². The Morgan fingerprint density at radius 3 is 2.33 bits per heavy atom. The lowest BCUT2D eigenvalue weighted by Gasteiger charge is -2.15. The van der Waals surface area contributed by atoms with Crippen LogP contribution in [-0.2, 0) is 0 Å². The lowest BCUT2D eigenvalue weighted by atomic mass is 10.1. The number of nitrogens with zero attached hydrogens (tertiary/aromatic N) is 1. The Hall–Kier alpha value is -2.36. The van der Waals surface area contributed by atoms with E-state index >= 15 is 0 Å². The molecule has 1 amide bonds. The van der Waals surface area contributed by atoms with E-state index in [0.29, 0.717) is 17.0 Å². The van der Waals surface area contributed by atoms with Crippen molar-refractivity contribution in [1.29, 1.82) is 0 Å². The number of aryl methyl sites for hydroxylation is 4. The Labute approximate surface area is 125 Å². The number of pyridine rings is 1. The molecule has 1 heterocycles. The van der Waals surface area contributed by atoms with Crippen molar-refractivity contribution in [2.45, 2.75) is 27.7 Å². The normalized spacial score (nSPS) is 10.3. The minimum absolute atomic E-state index is 0.200. The maximum atomic E-state index is 12.6. The van der Waals surface area contributed by atoms with Crippen molar-refractivity contribution in [1.82, 2.24) is 4.98 Å². The molecule has 0 bridgehead atoms. The van der Waals surface area contributed by atoms with Gasteiger partial charge in [-0.3, -0.25) is 9.78 Å². The van der Waals surface area contributed by atoms with Crippen molar-refractivity contribution in [2.75, 3.05) is 12.4 Å². The summed E-state index contributed by atoms with van der Waals surface area (Å²) in [5.74, 6) is 0.345. The average Bonchev–Trinajstić information content (AvgIpc) is 2.41. The van der Waals surface area contributed by atoms with Gasteiger partial charge < -0.3 is 10.1 Å². The van der Waals surface area contributed by atoms with Crippen LogP contribution in [0.15, 0.2) is 24.3 Å². The van der Waals surface area contributed by atoms with Gasteiger partial charge in [-0.05, 0) is 38.8 Å². The van der Waals surface area contributed by atoms with Crippen LogP contribution in [0.1, 0.15) is 32.9 Å². The molecule has 0 unspecified atom stereocenters. The van der Waals surface area contributed by atoms with Crippen LogP contribution >= 0.6 is 0 Å². The molecule has 0 radical (unpaired) electrons. The van der Waals surface area contributed by atoms with Crippen molar-refractivity contribution in [3.8, 4) is 5.75 Å². The highest BCUT2D eigenvalue weighted by molar-refractivity contribution is 6.07. The van der Waals surface area contributed by atoms with E-state index < -0.39 is 0 Å². The highest BCUT2D eigenvalue weighted by Crippen LogP contribution is 2.25. The summed E-state index contributed by atoms with van der Waals surface area (Å²) in [5.41, 5.74) is 4.86. The lowest BCUT2D eigenvalue weighted by Crippen LogP contribution is -2.17. The Bertz CT molecular complexity index is 673. The van der Waals surface area contributed by atoms with Gasteiger partial charge in [-0.25, -0.2) is 0 Å². The van der Waals surface area contributed by atoms with Crippen molar-refractivity contribution in [2.24, 2.45) is 0 Å². The fourth-order valence-corrected chi connectivity index (χ4v) is 2.42. The van der Waals surface area contributed by atoms with E-state index in [9.17, 15) is 4.79 Å². The second-order valence-corrected chi connectivity index (χ2v) is 5.15. The standard InChI is InChI=1S/C17H20N2O2/c1-10-7-6-8-11(2)16(10)19-17(20)15-13(4)18-12(3)9-14(15)21-5/h6-9H,1-5H3,(H,19,20). The van der Waals surface area contributed by atoms with Crippen molar-refractivity contribution < 1.29 is 9.53 Å². The van der Waals surface area contributed by atoms with E-state index in [1.165, 1.54) is 0 Å². The van der Waals surface area contributed by atoms with E-state index in [1.54, 1.807) is 13.2 Å². The van der Waals surface area contributed by atoms with Gasteiger partial charge in [-0.2, -0.15) is 0 Å². The summed E-state index contributed by atoms with van der Waals surface area (Å²) in [6.45, 7) is 7.64. The maximum absolute atomic E-state index is 12.6. The predicted octanol–water partition coefficient (Wildman–Crippen LogP) is 3.58. The first-order chi connectivity index (χ1) is 9.93. The fraction of sp³-hybridized carbons (Fsp3) is 0.294.